The lowest BCUT2D eigenvalue weighted by atomic mass is 10.3. The Bertz CT molecular complexity index is 855. The molecule has 0 aliphatic carbocycles. The Labute approximate surface area is 149 Å². The number of amides is 1. The van der Waals surface area contributed by atoms with Crippen molar-refractivity contribution in [2.45, 2.75) is 6.54 Å². The van der Waals surface area contributed by atoms with Gasteiger partial charge in [0.15, 0.2) is 18.2 Å². The van der Waals surface area contributed by atoms with E-state index in [4.69, 9.17) is 9.47 Å². The van der Waals surface area contributed by atoms with Crippen LogP contribution in [0.25, 0.3) is 0 Å². The Morgan fingerprint density at radius 1 is 1.15 bits per heavy atom. The van der Waals surface area contributed by atoms with Gasteiger partial charge in [-0.3, -0.25) is 4.79 Å². The SMILES string of the molecule is O=C(COc1ccccc1F)Nc1cccc(OCCn2cncn2)c1. The summed E-state index contributed by atoms with van der Waals surface area (Å²) in [7, 11) is 0. The first kappa shape index (κ1) is 17.4. The lowest BCUT2D eigenvalue weighted by Gasteiger charge is -2.10. The maximum Gasteiger partial charge on any atom is 0.262 e. The van der Waals surface area contributed by atoms with Gasteiger partial charge in [-0.05, 0) is 24.3 Å². The Morgan fingerprint density at radius 3 is 2.85 bits per heavy atom. The van der Waals surface area contributed by atoms with E-state index in [1.807, 2.05) is 0 Å². The lowest BCUT2D eigenvalue weighted by molar-refractivity contribution is -0.118. The molecule has 0 radical (unpaired) electrons. The van der Waals surface area contributed by atoms with Crippen molar-refractivity contribution in [3.63, 3.8) is 0 Å². The molecule has 26 heavy (non-hydrogen) atoms. The van der Waals surface area contributed by atoms with Gasteiger partial charge in [-0.1, -0.05) is 18.2 Å². The van der Waals surface area contributed by atoms with E-state index in [-0.39, 0.29) is 12.4 Å². The Hall–Kier alpha value is -3.42. The van der Waals surface area contributed by atoms with Gasteiger partial charge < -0.3 is 14.8 Å². The average molecular weight is 356 g/mol. The molecule has 0 fully saturated rings. The maximum atomic E-state index is 13.5. The molecule has 0 bridgehead atoms. The third-order valence-electron chi connectivity index (χ3n) is 3.37. The van der Waals surface area contributed by atoms with Crippen LogP contribution in [-0.4, -0.2) is 33.9 Å². The molecule has 0 atom stereocenters. The fourth-order valence-corrected chi connectivity index (χ4v) is 2.17. The first-order chi connectivity index (χ1) is 12.7. The van der Waals surface area contributed by atoms with Gasteiger partial charge >= 0.3 is 0 Å². The number of halogens is 1. The van der Waals surface area contributed by atoms with E-state index < -0.39 is 11.7 Å². The summed E-state index contributed by atoms with van der Waals surface area (Å²) in [5.41, 5.74) is 0.561. The van der Waals surface area contributed by atoms with E-state index in [0.29, 0.717) is 24.6 Å². The number of aromatic nitrogens is 3. The standard InChI is InChI=1S/C18H17FN4O3/c19-16-6-1-2-7-17(16)26-11-18(24)22-14-4-3-5-15(10-14)25-9-8-23-13-20-12-21-23/h1-7,10,12-13H,8-9,11H2,(H,22,24). The molecule has 0 spiro atoms. The molecule has 0 aliphatic heterocycles. The number of carbonyl (C=O) groups excluding carboxylic acids is 1. The Balaban J connectivity index is 1.48. The third kappa shape index (κ3) is 5.04. The molecule has 1 aromatic heterocycles. The summed E-state index contributed by atoms with van der Waals surface area (Å²) in [6.07, 6.45) is 3.06. The predicted molar refractivity (Wildman–Crippen MR) is 92.5 cm³/mol. The van der Waals surface area contributed by atoms with Crippen LogP contribution in [0.15, 0.2) is 61.2 Å². The van der Waals surface area contributed by atoms with E-state index in [1.165, 1.54) is 18.5 Å². The zero-order valence-corrected chi connectivity index (χ0v) is 13.8. The van der Waals surface area contributed by atoms with Crippen LogP contribution in [0.4, 0.5) is 10.1 Å². The van der Waals surface area contributed by atoms with E-state index in [2.05, 4.69) is 15.4 Å². The van der Waals surface area contributed by atoms with Crippen molar-refractivity contribution in [3.8, 4) is 11.5 Å². The van der Waals surface area contributed by atoms with Crippen molar-refractivity contribution in [1.82, 2.24) is 14.8 Å². The summed E-state index contributed by atoms with van der Waals surface area (Å²) in [5.74, 6) is -0.262. The number of anilines is 1. The zero-order chi connectivity index (χ0) is 18.2. The molecule has 0 saturated heterocycles. The topological polar surface area (TPSA) is 78.3 Å². The number of ether oxygens (including phenoxy) is 2. The highest BCUT2D eigenvalue weighted by Crippen LogP contribution is 2.18. The van der Waals surface area contributed by atoms with Gasteiger partial charge in [0, 0.05) is 11.8 Å². The van der Waals surface area contributed by atoms with Crippen molar-refractivity contribution < 1.29 is 18.7 Å². The van der Waals surface area contributed by atoms with Crippen LogP contribution in [0, 0.1) is 5.82 Å². The number of benzene rings is 2. The van der Waals surface area contributed by atoms with Crippen LogP contribution in [0.2, 0.25) is 0 Å². The molecule has 134 valence electrons. The highest BCUT2D eigenvalue weighted by molar-refractivity contribution is 5.92. The molecule has 0 saturated carbocycles. The predicted octanol–water partition coefficient (Wildman–Crippen LogP) is 2.51. The summed E-state index contributed by atoms with van der Waals surface area (Å²) < 4.78 is 25.9. The second kappa shape index (κ2) is 8.61. The number of hydrogen-bond donors (Lipinski definition) is 1. The molecule has 0 unspecified atom stereocenters. The number of hydrogen-bond acceptors (Lipinski definition) is 5. The largest absolute Gasteiger partial charge is 0.492 e. The zero-order valence-electron chi connectivity index (χ0n) is 13.8. The normalized spacial score (nSPS) is 10.3. The third-order valence-corrected chi connectivity index (χ3v) is 3.37. The van der Waals surface area contributed by atoms with Crippen molar-refractivity contribution in [2.75, 3.05) is 18.5 Å². The van der Waals surface area contributed by atoms with Gasteiger partial charge in [-0.25, -0.2) is 14.1 Å². The average Bonchev–Trinajstić information content (AvgIpc) is 3.15. The van der Waals surface area contributed by atoms with E-state index >= 15 is 0 Å². The minimum absolute atomic E-state index is 0.0350. The van der Waals surface area contributed by atoms with E-state index in [9.17, 15) is 9.18 Å². The highest BCUT2D eigenvalue weighted by atomic mass is 19.1. The molecule has 8 heteroatoms. The Morgan fingerprint density at radius 2 is 2.04 bits per heavy atom. The lowest BCUT2D eigenvalue weighted by Crippen LogP contribution is -2.20. The van der Waals surface area contributed by atoms with Gasteiger partial charge in [-0.2, -0.15) is 5.10 Å². The van der Waals surface area contributed by atoms with Crippen LogP contribution in [0.5, 0.6) is 11.5 Å². The molecule has 0 aliphatic rings. The number of para-hydroxylation sites is 1. The minimum atomic E-state index is -0.511. The van der Waals surface area contributed by atoms with E-state index in [0.717, 1.165) is 0 Å². The number of nitrogens with zero attached hydrogens (tertiary/aromatic N) is 3. The van der Waals surface area contributed by atoms with Crippen molar-refractivity contribution in [2.24, 2.45) is 0 Å². The fraction of sp³-hybridized carbons (Fsp3) is 0.167. The molecule has 1 heterocycles. The molecular weight excluding hydrogens is 339 g/mol. The maximum absolute atomic E-state index is 13.5. The summed E-state index contributed by atoms with van der Waals surface area (Å²) in [6.45, 7) is 0.683. The number of rotatable bonds is 8. The van der Waals surface area contributed by atoms with Crippen LogP contribution in [0.3, 0.4) is 0 Å². The minimum Gasteiger partial charge on any atom is -0.492 e. The molecule has 3 aromatic rings. The summed E-state index contributed by atoms with van der Waals surface area (Å²) in [6, 6.07) is 12.9. The first-order valence-corrected chi connectivity index (χ1v) is 7.93. The van der Waals surface area contributed by atoms with Crippen molar-refractivity contribution >= 4 is 11.6 Å². The van der Waals surface area contributed by atoms with Crippen LogP contribution in [0.1, 0.15) is 0 Å². The van der Waals surface area contributed by atoms with Gasteiger partial charge in [0.05, 0.1) is 6.54 Å². The molecule has 3 rings (SSSR count). The number of nitrogens with one attached hydrogen (secondary N) is 1. The monoisotopic (exact) mass is 356 g/mol. The van der Waals surface area contributed by atoms with Crippen LogP contribution >= 0.6 is 0 Å². The van der Waals surface area contributed by atoms with Gasteiger partial charge in [0.2, 0.25) is 0 Å². The van der Waals surface area contributed by atoms with Gasteiger partial charge in [0.1, 0.15) is 25.0 Å². The quantitative estimate of drug-likeness (QED) is 0.671. The fourth-order valence-electron chi connectivity index (χ4n) is 2.17. The van der Waals surface area contributed by atoms with E-state index in [1.54, 1.807) is 47.4 Å². The second-order valence-corrected chi connectivity index (χ2v) is 5.30. The first-order valence-electron chi connectivity index (χ1n) is 7.93. The second-order valence-electron chi connectivity index (χ2n) is 5.30. The Kier molecular flexibility index (Phi) is 5.76. The van der Waals surface area contributed by atoms with Crippen molar-refractivity contribution in [1.29, 1.82) is 0 Å². The molecular formula is C18H17FN4O3. The molecule has 1 amide bonds. The van der Waals surface area contributed by atoms with Crippen molar-refractivity contribution in [3.05, 3.63) is 67.0 Å². The summed E-state index contributed by atoms with van der Waals surface area (Å²) >= 11 is 0. The number of carbonyl (C=O) groups is 1. The smallest absolute Gasteiger partial charge is 0.262 e. The molecule has 1 N–H and O–H groups in total. The molecule has 7 nitrogen and oxygen atoms in total. The van der Waals surface area contributed by atoms with Crippen LogP contribution < -0.4 is 14.8 Å². The van der Waals surface area contributed by atoms with Crippen LogP contribution in [-0.2, 0) is 11.3 Å². The van der Waals surface area contributed by atoms with Gasteiger partial charge in [0.25, 0.3) is 5.91 Å². The molecule has 2 aromatic carbocycles. The highest BCUT2D eigenvalue weighted by Gasteiger charge is 2.07. The van der Waals surface area contributed by atoms with Gasteiger partial charge in [-0.15, -0.1) is 0 Å². The summed E-state index contributed by atoms with van der Waals surface area (Å²) in [4.78, 5) is 15.8. The summed E-state index contributed by atoms with van der Waals surface area (Å²) in [5, 5.41) is 6.67.